The smallest absolute Gasteiger partial charge is 0.119 e. The molecule has 0 fully saturated rings. The van der Waals surface area contributed by atoms with E-state index in [1.165, 1.54) is 160 Å². The molecular formula is C52H66Br2O2. The molecule has 0 bridgehead atoms. The molecule has 4 heteroatoms. The van der Waals surface area contributed by atoms with Crippen molar-refractivity contribution in [3.63, 3.8) is 0 Å². The van der Waals surface area contributed by atoms with Gasteiger partial charge in [-0.1, -0.05) is 210 Å². The summed E-state index contributed by atoms with van der Waals surface area (Å²) in [4.78, 5) is 0. The van der Waals surface area contributed by atoms with Crippen molar-refractivity contribution >= 4 is 54.2 Å². The monoisotopic (exact) mass is 880 g/mol. The first-order valence-electron chi connectivity index (χ1n) is 22.1. The fraction of sp³-hybridized carbons (Fsp3) is 0.462. The normalized spacial score (nSPS) is 12.6. The van der Waals surface area contributed by atoms with E-state index in [1.54, 1.807) is 0 Å². The first kappa shape index (κ1) is 44.0. The van der Waals surface area contributed by atoms with E-state index < -0.39 is 0 Å². The van der Waals surface area contributed by atoms with Crippen LogP contribution in [0, 0.1) is 0 Å². The Kier molecular flexibility index (Phi) is 19.9. The highest BCUT2D eigenvalue weighted by Gasteiger charge is 2.33. The molecule has 0 N–H and O–H groups in total. The highest BCUT2D eigenvalue weighted by molar-refractivity contribution is 9.10. The average Bonchev–Trinajstić information content (AvgIpc) is 3.21. The van der Waals surface area contributed by atoms with Crippen LogP contribution >= 0.6 is 31.9 Å². The summed E-state index contributed by atoms with van der Waals surface area (Å²) in [7, 11) is 0. The highest BCUT2D eigenvalue weighted by Crippen LogP contribution is 2.56. The molecule has 300 valence electrons. The highest BCUT2D eigenvalue weighted by atomic mass is 79.9. The summed E-state index contributed by atoms with van der Waals surface area (Å²) >= 11 is 7.34. The maximum Gasteiger partial charge on any atom is 0.119 e. The van der Waals surface area contributed by atoms with Crippen LogP contribution in [0.15, 0.2) is 106 Å². The van der Waals surface area contributed by atoms with Crippen LogP contribution in [0.5, 0.6) is 11.5 Å². The quantitative estimate of drug-likeness (QED) is 0.0529. The molecule has 0 heterocycles. The van der Waals surface area contributed by atoms with Gasteiger partial charge in [0.05, 0.1) is 13.2 Å². The number of halogens is 2. The molecule has 0 amide bonds. The number of hydrogen-bond donors (Lipinski definition) is 0. The van der Waals surface area contributed by atoms with Crippen LogP contribution in [0.1, 0.15) is 165 Å². The Morgan fingerprint density at radius 1 is 0.304 bits per heavy atom. The van der Waals surface area contributed by atoms with Crippen LogP contribution in [0.2, 0.25) is 0 Å². The average molecular weight is 883 g/mol. The van der Waals surface area contributed by atoms with Gasteiger partial charge in [-0.3, -0.25) is 0 Å². The molecular weight excluding hydrogens is 816 g/mol. The molecule has 0 saturated heterocycles. The van der Waals surface area contributed by atoms with Crippen molar-refractivity contribution in [3.8, 4) is 11.5 Å². The van der Waals surface area contributed by atoms with Gasteiger partial charge in [-0.15, -0.1) is 0 Å². The fourth-order valence-corrected chi connectivity index (χ4v) is 8.35. The Hall–Kier alpha value is -3.08. The molecule has 1 aliphatic carbocycles. The zero-order valence-corrected chi connectivity index (χ0v) is 37.5. The Labute approximate surface area is 356 Å². The first-order valence-corrected chi connectivity index (χ1v) is 23.6. The van der Waals surface area contributed by atoms with Gasteiger partial charge < -0.3 is 9.47 Å². The van der Waals surface area contributed by atoms with Gasteiger partial charge >= 0.3 is 0 Å². The SMILES string of the molecule is CCCCCCCCCCCCOc1ccc(C2=C(c3ccc(Br)cc3)C(c3ccc(OCCCCCCCCCCCC)cc3)=C2c2ccc(Br)cc2)cc1. The second kappa shape index (κ2) is 25.3. The molecule has 0 aromatic heterocycles. The zero-order valence-electron chi connectivity index (χ0n) is 34.4. The van der Waals surface area contributed by atoms with Gasteiger partial charge in [0.25, 0.3) is 0 Å². The lowest BCUT2D eigenvalue weighted by Gasteiger charge is -2.33. The summed E-state index contributed by atoms with van der Waals surface area (Å²) in [6.45, 7) is 6.12. The van der Waals surface area contributed by atoms with Gasteiger partial charge in [-0.25, -0.2) is 0 Å². The predicted molar refractivity (Wildman–Crippen MR) is 249 cm³/mol. The maximum atomic E-state index is 6.24. The van der Waals surface area contributed by atoms with Crippen molar-refractivity contribution in [1.29, 1.82) is 0 Å². The minimum atomic E-state index is 0.774. The molecule has 0 radical (unpaired) electrons. The molecule has 0 saturated carbocycles. The van der Waals surface area contributed by atoms with E-state index in [2.05, 4.69) is 143 Å². The number of ether oxygens (including phenoxy) is 2. The predicted octanol–water partition coefficient (Wildman–Crippen LogP) is 17.3. The second-order valence-corrected chi connectivity index (χ2v) is 17.5. The number of rotatable bonds is 28. The summed E-state index contributed by atoms with van der Waals surface area (Å²) in [6.07, 6.45) is 26.6. The van der Waals surface area contributed by atoms with Crippen molar-refractivity contribution in [2.45, 2.75) is 142 Å². The Bertz CT molecular complexity index is 1610. The van der Waals surface area contributed by atoms with E-state index >= 15 is 0 Å². The second-order valence-electron chi connectivity index (χ2n) is 15.6. The third kappa shape index (κ3) is 14.1. The summed E-state index contributed by atoms with van der Waals surface area (Å²) < 4.78 is 14.6. The number of hydrogen-bond acceptors (Lipinski definition) is 2. The van der Waals surface area contributed by atoms with Crippen LogP contribution in [0.25, 0.3) is 22.3 Å². The summed E-state index contributed by atoms with van der Waals surface area (Å²) in [6, 6.07) is 35.0. The van der Waals surface area contributed by atoms with Gasteiger partial charge in [0.1, 0.15) is 11.5 Å². The fourth-order valence-electron chi connectivity index (χ4n) is 7.82. The molecule has 5 rings (SSSR count). The van der Waals surface area contributed by atoms with Crippen LogP contribution < -0.4 is 9.47 Å². The van der Waals surface area contributed by atoms with Gasteiger partial charge in [-0.05, 0) is 106 Å². The lowest BCUT2D eigenvalue weighted by Crippen LogP contribution is -2.10. The summed E-state index contributed by atoms with van der Waals surface area (Å²) in [5.74, 6) is 1.88. The number of unbranched alkanes of at least 4 members (excludes halogenated alkanes) is 18. The van der Waals surface area contributed by atoms with E-state index in [9.17, 15) is 0 Å². The van der Waals surface area contributed by atoms with Crippen LogP contribution in [0.4, 0.5) is 0 Å². The van der Waals surface area contributed by atoms with Crippen molar-refractivity contribution in [2.75, 3.05) is 13.2 Å². The van der Waals surface area contributed by atoms with Crippen LogP contribution in [0.3, 0.4) is 0 Å². The lowest BCUT2D eigenvalue weighted by molar-refractivity contribution is 0.304. The number of benzene rings is 4. The molecule has 56 heavy (non-hydrogen) atoms. The van der Waals surface area contributed by atoms with Gasteiger partial charge in [0.15, 0.2) is 0 Å². The van der Waals surface area contributed by atoms with Crippen LogP contribution in [-0.4, -0.2) is 13.2 Å². The van der Waals surface area contributed by atoms with E-state index in [1.807, 2.05) is 0 Å². The van der Waals surface area contributed by atoms with E-state index in [4.69, 9.17) is 9.47 Å². The van der Waals surface area contributed by atoms with E-state index in [0.29, 0.717) is 0 Å². The molecule has 0 spiro atoms. The first-order chi connectivity index (χ1) is 27.6. The van der Waals surface area contributed by atoms with Crippen molar-refractivity contribution in [2.24, 2.45) is 0 Å². The largest absolute Gasteiger partial charge is 0.494 e. The lowest BCUT2D eigenvalue weighted by atomic mass is 9.69. The summed E-state index contributed by atoms with van der Waals surface area (Å²) in [5, 5.41) is 0. The number of allylic oxidation sites excluding steroid dienone is 4. The molecule has 0 aliphatic heterocycles. The topological polar surface area (TPSA) is 18.5 Å². The van der Waals surface area contributed by atoms with Crippen LogP contribution in [-0.2, 0) is 0 Å². The summed E-state index contributed by atoms with van der Waals surface area (Å²) in [5.41, 5.74) is 9.91. The minimum Gasteiger partial charge on any atom is -0.494 e. The molecule has 2 nitrogen and oxygen atoms in total. The van der Waals surface area contributed by atoms with E-state index in [-0.39, 0.29) is 0 Å². The van der Waals surface area contributed by atoms with Gasteiger partial charge in [0.2, 0.25) is 0 Å². The molecule has 0 unspecified atom stereocenters. The Morgan fingerprint density at radius 2 is 0.536 bits per heavy atom. The molecule has 1 aliphatic rings. The Balaban J connectivity index is 1.24. The van der Waals surface area contributed by atoms with Gasteiger partial charge in [-0.2, -0.15) is 0 Å². The molecule has 4 aromatic carbocycles. The van der Waals surface area contributed by atoms with Gasteiger partial charge in [0, 0.05) is 8.95 Å². The maximum absolute atomic E-state index is 6.24. The van der Waals surface area contributed by atoms with Crippen molar-refractivity contribution in [1.82, 2.24) is 0 Å². The molecule has 4 aromatic rings. The minimum absolute atomic E-state index is 0.774. The third-order valence-electron chi connectivity index (χ3n) is 11.1. The third-order valence-corrected chi connectivity index (χ3v) is 12.1. The standard InChI is InChI=1S/C52H66Br2O2/c1-3-5-7-9-11-13-15-17-19-21-39-55-47-35-27-43(28-36-47)51-49(41-23-31-45(53)32-24-41)52(50(51)42-25-33-46(54)34-26-42)44-29-37-48(38-30-44)56-40-22-20-18-16-14-12-10-8-6-4-2/h23-38H,3-22,39-40H2,1-2H3. The van der Waals surface area contributed by atoms with Crippen molar-refractivity contribution < 1.29 is 9.47 Å². The zero-order chi connectivity index (χ0) is 39.2. The van der Waals surface area contributed by atoms with E-state index in [0.717, 1.165) is 46.5 Å². The van der Waals surface area contributed by atoms with Crippen molar-refractivity contribution in [3.05, 3.63) is 128 Å². The Morgan fingerprint density at radius 3 is 0.804 bits per heavy atom. The molecule has 0 atom stereocenters.